The van der Waals surface area contributed by atoms with Crippen LogP contribution in [0.5, 0.6) is 0 Å². The van der Waals surface area contributed by atoms with Crippen LogP contribution in [0.3, 0.4) is 0 Å². The lowest BCUT2D eigenvalue weighted by Crippen LogP contribution is -2.41. The largest absolute Gasteiger partial charge is 0.465 e. The Morgan fingerprint density at radius 1 is 1.55 bits per heavy atom. The fourth-order valence-electron chi connectivity index (χ4n) is 1.53. The molecular formula is C7H14N2O2. The molecule has 1 fully saturated rings. The van der Waals surface area contributed by atoms with Crippen molar-refractivity contribution < 1.29 is 9.90 Å². The van der Waals surface area contributed by atoms with Crippen molar-refractivity contribution in [3.05, 3.63) is 0 Å². The van der Waals surface area contributed by atoms with Crippen molar-refractivity contribution in [2.75, 3.05) is 0 Å². The van der Waals surface area contributed by atoms with Crippen molar-refractivity contribution in [3.8, 4) is 0 Å². The molecule has 0 aromatic heterocycles. The third kappa shape index (κ3) is 2.76. The van der Waals surface area contributed by atoms with Gasteiger partial charge in [-0.2, -0.15) is 0 Å². The summed E-state index contributed by atoms with van der Waals surface area (Å²) in [6.45, 7) is 0. The molecule has 0 aromatic rings. The van der Waals surface area contributed by atoms with E-state index in [9.17, 15) is 4.79 Å². The van der Waals surface area contributed by atoms with Crippen LogP contribution >= 0.6 is 0 Å². The first-order valence-corrected chi connectivity index (χ1v) is 3.93. The van der Waals surface area contributed by atoms with Gasteiger partial charge < -0.3 is 16.2 Å². The summed E-state index contributed by atoms with van der Waals surface area (Å²) in [5, 5.41) is 10.8. The van der Waals surface area contributed by atoms with Gasteiger partial charge in [0.1, 0.15) is 0 Å². The Bertz CT molecular complexity index is 149. The maximum atomic E-state index is 10.2. The Balaban J connectivity index is 2.28. The van der Waals surface area contributed by atoms with Crippen LogP contribution in [-0.2, 0) is 0 Å². The van der Waals surface area contributed by atoms with E-state index in [2.05, 4.69) is 5.32 Å². The van der Waals surface area contributed by atoms with Gasteiger partial charge >= 0.3 is 6.09 Å². The molecule has 2 atom stereocenters. The molecule has 0 spiro atoms. The highest BCUT2D eigenvalue weighted by molar-refractivity contribution is 5.64. The molecule has 1 aliphatic carbocycles. The molecule has 0 aliphatic heterocycles. The molecule has 1 amide bonds. The minimum atomic E-state index is -0.941. The normalized spacial score (nSPS) is 31.4. The van der Waals surface area contributed by atoms with Gasteiger partial charge in [-0.1, -0.05) is 0 Å². The zero-order valence-electron chi connectivity index (χ0n) is 6.42. The Labute approximate surface area is 65.8 Å². The molecule has 0 saturated heterocycles. The molecule has 64 valence electrons. The van der Waals surface area contributed by atoms with Gasteiger partial charge in [0.2, 0.25) is 0 Å². The summed E-state index contributed by atoms with van der Waals surface area (Å²) in [7, 11) is 0. The molecule has 0 aromatic carbocycles. The van der Waals surface area contributed by atoms with Crippen LogP contribution in [0.15, 0.2) is 0 Å². The van der Waals surface area contributed by atoms with Gasteiger partial charge in [0, 0.05) is 12.1 Å². The minimum Gasteiger partial charge on any atom is -0.465 e. The summed E-state index contributed by atoms with van der Waals surface area (Å²) in [6.07, 6.45) is 2.83. The average molecular weight is 158 g/mol. The second kappa shape index (κ2) is 3.57. The molecule has 4 nitrogen and oxygen atoms in total. The first-order valence-electron chi connectivity index (χ1n) is 3.93. The van der Waals surface area contributed by atoms with Crippen LogP contribution in [0.4, 0.5) is 4.79 Å². The van der Waals surface area contributed by atoms with E-state index in [0.29, 0.717) is 0 Å². The standard InChI is InChI=1S/C7H14N2O2/c8-5-2-1-3-6(4-5)9-7(10)11/h5-6,9H,1-4,8H2,(H,10,11)/t5-,6?/m1/s1. The fraction of sp³-hybridized carbons (Fsp3) is 0.857. The quantitative estimate of drug-likeness (QED) is 0.521. The first kappa shape index (κ1) is 8.33. The molecule has 1 aliphatic rings. The summed E-state index contributed by atoms with van der Waals surface area (Å²) < 4.78 is 0. The Morgan fingerprint density at radius 3 is 2.82 bits per heavy atom. The van der Waals surface area contributed by atoms with Crippen molar-refractivity contribution in [2.45, 2.75) is 37.8 Å². The number of carbonyl (C=O) groups is 1. The number of rotatable bonds is 1. The van der Waals surface area contributed by atoms with Gasteiger partial charge in [0.25, 0.3) is 0 Å². The second-order valence-electron chi connectivity index (χ2n) is 3.07. The van der Waals surface area contributed by atoms with E-state index in [1.165, 1.54) is 0 Å². The number of hydrogen-bond acceptors (Lipinski definition) is 2. The summed E-state index contributed by atoms with van der Waals surface area (Å²) >= 11 is 0. The maximum Gasteiger partial charge on any atom is 0.404 e. The topological polar surface area (TPSA) is 75.3 Å². The Morgan fingerprint density at radius 2 is 2.27 bits per heavy atom. The van der Waals surface area contributed by atoms with E-state index in [1.807, 2.05) is 0 Å². The lowest BCUT2D eigenvalue weighted by molar-refractivity contribution is 0.184. The van der Waals surface area contributed by atoms with Gasteiger partial charge in [0.15, 0.2) is 0 Å². The van der Waals surface area contributed by atoms with Crippen LogP contribution < -0.4 is 11.1 Å². The van der Waals surface area contributed by atoms with E-state index in [-0.39, 0.29) is 12.1 Å². The maximum absolute atomic E-state index is 10.2. The van der Waals surface area contributed by atoms with Crippen molar-refractivity contribution >= 4 is 6.09 Å². The molecule has 4 N–H and O–H groups in total. The van der Waals surface area contributed by atoms with Gasteiger partial charge in [-0.3, -0.25) is 0 Å². The highest BCUT2D eigenvalue weighted by atomic mass is 16.4. The summed E-state index contributed by atoms with van der Waals surface area (Å²) in [4.78, 5) is 10.2. The lowest BCUT2D eigenvalue weighted by atomic mass is 9.92. The Kier molecular flexibility index (Phi) is 2.70. The van der Waals surface area contributed by atoms with Crippen LogP contribution in [0.2, 0.25) is 0 Å². The van der Waals surface area contributed by atoms with Crippen molar-refractivity contribution in [1.82, 2.24) is 5.32 Å². The van der Waals surface area contributed by atoms with Crippen molar-refractivity contribution in [1.29, 1.82) is 0 Å². The average Bonchev–Trinajstić information content (AvgIpc) is 1.85. The van der Waals surface area contributed by atoms with Gasteiger partial charge in [0.05, 0.1) is 0 Å². The summed E-state index contributed by atoms with van der Waals surface area (Å²) in [5.74, 6) is 0. The van der Waals surface area contributed by atoms with E-state index in [0.717, 1.165) is 25.7 Å². The van der Waals surface area contributed by atoms with Crippen LogP contribution in [0.1, 0.15) is 25.7 Å². The van der Waals surface area contributed by atoms with Crippen molar-refractivity contribution in [2.24, 2.45) is 5.73 Å². The molecule has 0 bridgehead atoms. The number of carboxylic acid groups (broad SMARTS) is 1. The van der Waals surface area contributed by atoms with Gasteiger partial charge in [-0.25, -0.2) is 4.79 Å². The first-order chi connectivity index (χ1) is 5.18. The predicted molar refractivity (Wildman–Crippen MR) is 41.4 cm³/mol. The summed E-state index contributed by atoms with van der Waals surface area (Å²) in [5.41, 5.74) is 5.67. The zero-order valence-corrected chi connectivity index (χ0v) is 6.42. The number of nitrogens with two attached hydrogens (primary N) is 1. The van der Waals surface area contributed by atoms with Crippen LogP contribution in [0.25, 0.3) is 0 Å². The highest BCUT2D eigenvalue weighted by Crippen LogP contribution is 2.16. The second-order valence-corrected chi connectivity index (χ2v) is 3.07. The van der Waals surface area contributed by atoms with E-state index < -0.39 is 6.09 Å². The van der Waals surface area contributed by atoms with Crippen LogP contribution in [0, 0.1) is 0 Å². The molecular weight excluding hydrogens is 144 g/mol. The lowest BCUT2D eigenvalue weighted by Gasteiger charge is -2.26. The molecule has 4 heteroatoms. The number of amides is 1. The van der Waals surface area contributed by atoms with Gasteiger partial charge in [-0.05, 0) is 25.7 Å². The predicted octanol–water partition coefficient (Wildman–Crippen LogP) is 0.524. The van der Waals surface area contributed by atoms with Crippen LogP contribution in [-0.4, -0.2) is 23.3 Å². The third-order valence-corrected chi connectivity index (χ3v) is 2.04. The molecule has 1 saturated carbocycles. The zero-order chi connectivity index (χ0) is 8.27. The molecule has 11 heavy (non-hydrogen) atoms. The molecule has 0 heterocycles. The van der Waals surface area contributed by atoms with E-state index in [4.69, 9.17) is 10.8 Å². The van der Waals surface area contributed by atoms with Crippen molar-refractivity contribution in [3.63, 3.8) is 0 Å². The molecule has 1 rings (SSSR count). The summed E-state index contributed by atoms with van der Waals surface area (Å²) in [6, 6.07) is 0.261. The number of hydrogen-bond donors (Lipinski definition) is 3. The highest BCUT2D eigenvalue weighted by Gasteiger charge is 2.19. The Hall–Kier alpha value is -0.770. The smallest absolute Gasteiger partial charge is 0.404 e. The molecule has 1 unspecified atom stereocenters. The minimum absolute atomic E-state index is 0.0799. The fourth-order valence-corrected chi connectivity index (χ4v) is 1.53. The van der Waals surface area contributed by atoms with E-state index >= 15 is 0 Å². The van der Waals surface area contributed by atoms with E-state index in [1.54, 1.807) is 0 Å². The SMILES string of the molecule is N[C@@H]1CCCC(NC(=O)O)C1. The number of nitrogens with one attached hydrogen (secondary N) is 1. The molecule has 0 radical (unpaired) electrons. The monoisotopic (exact) mass is 158 g/mol. The third-order valence-electron chi connectivity index (χ3n) is 2.04. The van der Waals surface area contributed by atoms with Gasteiger partial charge in [-0.15, -0.1) is 0 Å².